The summed E-state index contributed by atoms with van der Waals surface area (Å²) in [5.74, 6) is 0.701. The molecular weight excluding hydrogens is 126 g/mol. The van der Waals surface area contributed by atoms with Crippen LogP contribution in [0.4, 0.5) is 0 Å². The molecule has 2 nitrogen and oxygen atoms in total. The Morgan fingerprint density at radius 3 is 2.80 bits per heavy atom. The maximum atomic E-state index is 4.96. The summed E-state index contributed by atoms with van der Waals surface area (Å²) < 4.78 is 6.92. The van der Waals surface area contributed by atoms with Crippen molar-refractivity contribution in [3.63, 3.8) is 0 Å². The van der Waals surface area contributed by atoms with Crippen LogP contribution in [0.15, 0.2) is 24.9 Å². The van der Waals surface area contributed by atoms with E-state index in [0.29, 0.717) is 5.76 Å². The molecule has 0 aliphatic rings. The van der Waals surface area contributed by atoms with Gasteiger partial charge in [-0.2, -0.15) is 0 Å². The van der Waals surface area contributed by atoms with Crippen molar-refractivity contribution in [2.24, 2.45) is 7.05 Å². The minimum atomic E-state index is 0.701. The first-order valence-corrected chi connectivity index (χ1v) is 3.10. The average molecular weight is 137 g/mol. The van der Waals surface area contributed by atoms with Crippen LogP contribution in [0.25, 0.3) is 5.76 Å². The molecule has 1 aromatic rings. The van der Waals surface area contributed by atoms with Gasteiger partial charge in [-0.05, 0) is 12.1 Å². The van der Waals surface area contributed by atoms with E-state index in [1.807, 2.05) is 29.9 Å². The van der Waals surface area contributed by atoms with Gasteiger partial charge in [-0.25, -0.2) is 0 Å². The van der Waals surface area contributed by atoms with Crippen LogP contribution in [-0.2, 0) is 11.8 Å². The quantitative estimate of drug-likeness (QED) is 0.565. The van der Waals surface area contributed by atoms with Crippen molar-refractivity contribution in [3.05, 3.63) is 30.6 Å². The lowest BCUT2D eigenvalue weighted by Gasteiger charge is -2.03. The number of rotatable bonds is 2. The molecule has 0 radical (unpaired) electrons. The Bertz CT molecular complexity index is 237. The molecule has 2 heteroatoms. The molecule has 0 amide bonds. The number of aromatic nitrogens is 1. The molecule has 0 atom stereocenters. The monoisotopic (exact) mass is 137 g/mol. The van der Waals surface area contributed by atoms with Crippen LogP contribution >= 0.6 is 0 Å². The van der Waals surface area contributed by atoms with Crippen molar-refractivity contribution in [3.8, 4) is 0 Å². The second-order valence-corrected chi connectivity index (χ2v) is 2.13. The summed E-state index contributed by atoms with van der Waals surface area (Å²) in [6.07, 6.45) is 1.96. The summed E-state index contributed by atoms with van der Waals surface area (Å²) in [4.78, 5) is 0. The summed E-state index contributed by atoms with van der Waals surface area (Å²) in [6.45, 7) is 3.73. The highest BCUT2D eigenvalue weighted by Crippen LogP contribution is 2.11. The summed E-state index contributed by atoms with van der Waals surface area (Å²) in [6, 6.07) is 3.92. The minimum Gasteiger partial charge on any atom is -0.495 e. The fourth-order valence-electron chi connectivity index (χ4n) is 0.855. The smallest absolute Gasteiger partial charge is 0.135 e. The van der Waals surface area contributed by atoms with Crippen LogP contribution in [0.5, 0.6) is 0 Å². The fraction of sp³-hybridized carbons (Fsp3) is 0.250. The molecule has 54 valence electrons. The van der Waals surface area contributed by atoms with Crippen LogP contribution < -0.4 is 0 Å². The largest absolute Gasteiger partial charge is 0.495 e. The third-order valence-corrected chi connectivity index (χ3v) is 1.48. The lowest BCUT2D eigenvalue weighted by atomic mass is 10.4. The number of aryl methyl sites for hydroxylation is 1. The van der Waals surface area contributed by atoms with Crippen molar-refractivity contribution in [1.82, 2.24) is 4.57 Å². The second kappa shape index (κ2) is 2.60. The average Bonchev–Trinajstić information content (AvgIpc) is 2.34. The molecule has 1 aromatic heterocycles. The van der Waals surface area contributed by atoms with E-state index in [1.54, 1.807) is 7.11 Å². The molecule has 0 saturated heterocycles. The second-order valence-electron chi connectivity index (χ2n) is 2.13. The molecule has 0 fully saturated rings. The Morgan fingerprint density at radius 1 is 1.70 bits per heavy atom. The van der Waals surface area contributed by atoms with Gasteiger partial charge in [0.25, 0.3) is 0 Å². The van der Waals surface area contributed by atoms with Gasteiger partial charge in [0.1, 0.15) is 5.76 Å². The summed E-state index contributed by atoms with van der Waals surface area (Å²) in [7, 11) is 3.58. The lowest BCUT2D eigenvalue weighted by Crippen LogP contribution is -1.93. The SMILES string of the molecule is C=C(OC)c1cccn1C. The number of hydrogen-bond acceptors (Lipinski definition) is 1. The van der Waals surface area contributed by atoms with Crippen LogP contribution in [0.1, 0.15) is 5.69 Å². The third-order valence-electron chi connectivity index (χ3n) is 1.48. The summed E-state index contributed by atoms with van der Waals surface area (Å²) in [5.41, 5.74) is 1.02. The molecule has 0 saturated carbocycles. The minimum absolute atomic E-state index is 0.701. The topological polar surface area (TPSA) is 14.2 Å². The summed E-state index contributed by atoms with van der Waals surface area (Å²) in [5, 5.41) is 0. The van der Waals surface area contributed by atoms with Crippen LogP contribution in [0, 0.1) is 0 Å². The van der Waals surface area contributed by atoms with E-state index < -0.39 is 0 Å². The molecule has 0 N–H and O–H groups in total. The zero-order valence-electron chi connectivity index (χ0n) is 6.29. The zero-order chi connectivity index (χ0) is 7.56. The summed E-state index contributed by atoms with van der Waals surface area (Å²) >= 11 is 0. The Hall–Kier alpha value is -1.18. The van der Waals surface area contributed by atoms with E-state index in [4.69, 9.17) is 4.74 Å². The molecular formula is C8H11NO. The highest BCUT2D eigenvalue weighted by molar-refractivity contribution is 5.53. The standard InChI is InChI=1S/C8H11NO/c1-7(10-3)8-5-4-6-9(8)2/h4-6H,1H2,2-3H3. The first kappa shape index (κ1) is 6.93. The molecule has 0 bridgehead atoms. The van der Waals surface area contributed by atoms with E-state index in [1.165, 1.54) is 0 Å². The number of ether oxygens (including phenoxy) is 1. The van der Waals surface area contributed by atoms with Gasteiger partial charge in [-0.1, -0.05) is 6.58 Å². The van der Waals surface area contributed by atoms with E-state index in [0.717, 1.165) is 5.69 Å². The fourth-order valence-corrected chi connectivity index (χ4v) is 0.855. The Labute approximate surface area is 60.7 Å². The van der Waals surface area contributed by atoms with Crippen molar-refractivity contribution in [2.75, 3.05) is 7.11 Å². The molecule has 1 heterocycles. The van der Waals surface area contributed by atoms with E-state index >= 15 is 0 Å². The normalized spacial score (nSPS) is 9.40. The van der Waals surface area contributed by atoms with Gasteiger partial charge in [-0.3, -0.25) is 0 Å². The van der Waals surface area contributed by atoms with Gasteiger partial charge >= 0.3 is 0 Å². The molecule has 0 unspecified atom stereocenters. The zero-order valence-corrected chi connectivity index (χ0v) is 6.29. The highest BCUT2D eigenvalue weighted by atomic mass is 16.5. The van der Waals surface area contributed by atoms with Crippen molar-refractivity contribution in [1.29, 1.82) is 0 Å². The molecule has 0 spiro atoms. The Morgan fingerprint density at radius 2 is 2.40 bits per heavy atom. The number of hydrogen-bond donors (Lipinski definition) is 0. The first-order chi connectivity index (χ1) is 4.75. The predicted octanol–water partition coefficient (Wildman–Crippen LogP) is 1.64. The molecule has 1 rings (SSSR count). The Balaban J connectivity index is 2.93. The maximum absolute atomic E-state index is 4.96. The highest BCUT2D eigenvalue weighted by Gasteiger charge is 1.99. The third kappa shape index (κ3) is 1.05. The van der Waals surface area contributed by atoms with Crippen LogP contribution in [-0.4, -0.2) is 11.7 Å². The van der Waals surface area contributed by atoms with Crippen molar-refractivity contribution in [2.45, 2.75) is 0 Å². The number of methoxy groups -OCH3 is 1. The Kier molecular flexibility index (Phi) is 1.81. The van der Waals surface area contributed by atoms with Crippen LogP contribution in [0.3, 0.4) is 0 Å². The first-order valence-electron chi connectivity index (χ1n) is 3.10. The predicted molar refractivity (Wildman–Crippen MR) is 41.5 cm³/mol. The van der Waals surface area contributed by atoms with E-state index in [-0.39, 0.29) is 0 Å². The van der Waals surface area contributed by atoms with Crippen molar-refractivity contribution >= 4 is 5.76 Å². The molecule has 10 heavy (non-hydrogen) atoms. The molecule has 0 aliphatic heterocycles. The van der Waals surface area contributed by atoms with Gasteiger partial charge in [0.2, 0.25) is 0 Å². The van der Waals surface area contributed by atoms with E-state index in [9.17, 15) is 0 Å². The van der Waals surface area contributed by atoms with Gasteiger partial charge < -0.3 is 9.30 Å². The van der Waals surface area contributed by atoms with Gasteiger partial charge in [0.15, 0.2) is 0 Å². The van der Waals surface area contributed by atoms with E-state index in [2.05, 4.69) is 6.58 Å². The van der Waals surface area contributed by atoms with Crippen LogP contribution in [0.2, 0.25) is 0 Å². The molecule has 0 aliphatic carbocycles. The van der Waals surface area contributed by atoms with Gasteiger partial charge in [-0.15, -0.1) is 0 Å². The lowest BCUT2D eigenvalue weighted by molar-refractivity contribution is 0.368. The maximum Gasteiger partial charge on any atom is 0.135 e. The van der Waals surface area contributed by atoms with Crippen molar-refractivity contribution < 1.29 is 4.74 Å². The number of nitrogens with zero attached hydrogens (tertiary/aromatic N) is 1. The molecule has 0 aromatic carbocycles. The van der Waals surface area contributed by atoms with Gasteiger partial charge in [0.05, 0.1) is 12.8 Å². The van der Waals surface area contributed by atoms with Gasteiger partial charge in [0, 0.05) is 13.2 Å².